The number of hydrogen-bond donors (Lipinski definition) is 3. The van der Waals surface area contributed by atoms with Crippen LogP contribution in [-0.2, 0) is 9.59 Å². The minimum absolute atomic E-state index is 0.0467. The Kier molecular flexibility index (Phi) is 7.23. The summed E-state index contributed by atoms with van der Waals surface area (Å²) in [6.07, 6.45) is 3.46. The number of methoxy groups -OCH3 is 1. The van der Waals surface area contributed by atoms with Gasteiger partial charge in [0.15, 0.2) is 0 Å². The van der Waals surface area contributed by atoms with Gasteiger partial charge in [0.05, 0.1) is 30.0 Å². The summed E-state index contributed by atoms with van der Waals surface area (Å²) in [5.74, 6) is 0.602. The lowest BCUT2D eigenvalue weighted by Gasteiger charge is -2.35. The molecular weight excluding hydrogens is 406 g/mol. The number of ether oxygens (including phenoxy) is 1. The van der Waals surface area contributed by atoms with Gasteiger partial charge < -0.3 is 20.3 Å². The number of carbonyl (C=O) groups excluding carboxylic acids is 2. The molecule has 0 saturated carbocycles. The summed E-state index contributed by atoms with van der Waals surface area (Å²) in [7, 11) is 1.65. The van der Waals surface area contributed by atoms with Gasteiger partial charge in [0, 0.05) is 30.2 Å². The van der Waals surface area contributed by atoms with Crippen molar-refractivity contribution in [2.75, 3.05) is 19.0 Å². The van der Waals surface area contributed by atoms with Gasteiger partial charge in [-0.05, 0) is 59.6 Å². The molecule has 0 bridgehead atoms. The highest BCUT2D eigenvalue weighted by Crippen LogP contribution is 2.28. The van der Waals surface area contributed by atoms with Crippen molar-refractivity contribution in [3.63, 3.8) is 0 Å². The molecule has 1 aliphatic heterocycles. The maximum Gasteiger partial charge on any atom is 0.242 e. The number of benzene rings is 1. The smallest absolute Gasteiger partial charge is 0.242 e. The summed E-state index contributed by atoms with van der Waals surface area (Å²) >= 11 is 0. The van der Waals surface area contributed by atoms with Crippen LogP contribution >= 0.6 is 0 Å². The van der Waals surface area contributed by atoms with E-state index in [4.69, 9.17) is 4.74 Å². The van der Waals surface area contributed by atoms with Crippen LogP contribution in [0.3, 0.4) is 0 Å². The number of nitrogens with one attached hydrogen (secondary N) is 3. The molecule has 0 aliphatic carbocycles. The van der Waals surface area contributed by atoms with Gasteiger partial charge in [-0.3, -0.25) is 19.9 Å². The zero-order valence-electron chi connectivity index (χ0n) is 19.9. The van der Waals surface area contributed by atoms with Crippen molar-refractivity contribution in [1.82, 2.24) is 20.5 Å². The normalized spacial score (nSPS) is 19.6. The molecule has 1 unspecified atom stereocenters. The second-order valence-electron chi connectivity index (χ2n) is 9.04. The Balaban J connectivity index is 1.50. The second kappa shape index (κ2) is 9.73. The molecular formula is C24H35N5O3. The maximum atomic E-state index is 12.7. The molecule has 2 aromatic rings. The van der Waals surface area contributed by atoms with Gasteiger partial charge in [-0.15, -0.1) is 0 Å². The molecule has 3 N–H and O–H groups in total. The Morgan fingerprint density at radius 2 is 2.09 bits per heavy atom. The predicted molar refractivity (Wildman–Crippen MR) is 127 cm³/mol. The maximum absolute atomic E-state index is 12.7. The third kappa shape index (κ3) is 5.12. The van der Waals surface area contributed by atoms with Gasteiger partial charge >= 0.3 is 0 Å². The van der Waals surface area contributed by atoms with E-state index in [2.05, 4.69) is 27.9 Å². The molecule has 1 aliphatic rings. The highest BCUT2D eigenvalue weighted by Gasteiger charge is 2.46. The number of amides is 2. The molecule has 3 atom stereocenters. The van der Waals surface area contributed by atoms with Crippen LogP contribution in [0.1, 0.15) is 47.5 Å². The fraction of sp³-hybridized carbons (Fsp3) is 0.542. The Morgan fingerprint density at radius 3 is 2.75 bits per heavy atom. The van der Waals surface area contributed by atoms with Gasteiger partial charge in [0.2, 0.25) is 11.8 Å². The zero-order valence-corrected chi connectivity index (χ0v) is 19.9. The molecule has 1 aromatic carbocycles. The number of carbonyl (C=O) groups is 2. The molecule has 1 fully saturated rings. The number of rotatable bonds is 9. The van der Waals surface area contributed by atoms with E-state index in [-0.39, 0.29) is 23.9 Å². The van der Waals surface area contributed by atoms with Crippen LogP contribution in [0.15, 0.2) is 30.5 Å². The van der Waals surface area contributed by atoms with E-state index >= 15 is 0 Å². The SMILES string of the molecule is COc1cc(NC(C)CCCNC(=O)[C@H](C)N2C(=O)[C@H](C)NC2(C)C)c2ncccc2c1. The van der Waals surface area contributed by atoms with E-state index < -0.39 is 11.7 Å². The molecule has 0 spiro atoms. The van der Waals surface area contributed by atoms with Crippen molar-refractivity contribution < 1.29 is 14.3 Å². The Bertz CT molecular complexity index is 977. The van der Waals surface area contributed by atoms with E-state index in [9.17, 15) is 9.59 Å². The number of nitrogens with zero attached hydrogens (tertiary/aromatic N) is 2. The quantitative estimate of drug-likeness (QED) is 0.518. The van der Waals surface area contributed by atoms with Crippen LogP contribution in [-0.4, -0.2) is 59.1 Å². The van der Waals surface area contributed by atoms with Crippen LogP contribution < -0.4 is 20.7 Å². The number of pyridine rings is 1. The minimum Gasteiger partial charge on any atom is -0.497 e. The molecule has 0 radical (unpaired) electrons. The Morgan fingerprint density at radius 1 is 1.34 bits per heavy atom. The van der Waals surface area contributed by atoms with E-state index in [1.54, 1.807) is 25.1 Å². The molecule has 8 nitrogen and oxygen atoms in total. The van der Waals surface area contributed by atoms with Crippen molar-refractivity contribution in [1.29, 1.82) is 0 Å². The summed E-state index contributed by atoms with van der Waals surface area (Å²) < 4.78 is 5.42. The molecule has 2 amide bonds. The first-order valence-electron chi connectivity index (χ1n) is 11.2. The van der Waals surface area contributed by atoms with Crippen molar-refractivity contribution in [3.8, 4) is 5.75 Å². The van der Waals surface area contributed by atoms with Crippen LogP contribution in [0.4, 0.5) is 5.69 Å². The molecule has 174 valence electrons. The topological polar surface area (TPSA) is 95.6 Å². The van der Waals surface area contributed by atoms with Gasteiger partial charge in [0.25, 0.3) is 0 Å². The standard InChI is InChI=1S/C24H35N5O3/c1-15(27-20-14-19(32-6)13-18-10-8-11-25-21(18)20)9-7-12-26-22(30)17(3)29-23(31)16(2)28-24(29,4)5/h8,10-11,13-17,27-28H,7,9,12H2,1-6H3,(H,26,30)/t15?,16-,17-/m0/s1. The van der Waals surface area contributed by atoms with Gasteiger partial charge in [0.1, 0.15) is 11.8 Å². The van der Waals surface area contributed by atoms with Gasteiger partial charge in [-0.25, -0.2) is 0 Å². The second-order valence-corrected chi connectivity index (χ2v) is 9.04. The fourth-order valence-corrected chi connectivity index (χ4v) is 4.44. The van der Waals surface area contributed by atoms with Crippen molar-refractivity contribution in [2.45, 2.75) is 71.2 Å². The Hall–Kier alpha value is -2.87. The van der Waals surface area contributed by atoms with E-state index in [0.717, 1.165) is 35.2 Å². The van der Waals surface area contributed by atoms with Crippen molar-refractivity contribution in [2.24, 2.45) is 0 Å². The van der Waals surface area contributed by atoms with E-state index in [1.165, 1.54) is 0 Å². The van der Waals surface area contributed by atoms with Crippen molar-refractivity contribution in [3.05, 3.63) is 30.5 Å². The summed E-state index contributed by atoms with van der Waals surface area (Å²) in [4.78, 5) is 31.2. The van der Waals surface area contributed by atoms with Crippen molar-refractivity contribution >= 4 is 28.4 Å². The average molecular weight is 442 g/mol. The first kappa shape index (κ1) is 23.8. The van der Waals surface area contributed by atoms with E-state index in [0.29, 0.717) is 6.54 Å². The summed E-state index contributed by atoms with van der Waals surface area (Å²) in [5, 5.41) is 10.7. The number of hydrogen-bond acceptors (Lipinski definition) is 6. The first-order chi connectivity index (χ1) is 15.1. The summed E-state index contributed by atoms with van der Waals surface area (Å²) in [6, 6.07) is 7.23. The highest BCUT2D eigenvalue weighted by molar-refractivity contribution is 5.92. The predicted octanol–water partition coefficient (Wildman–Crippen LogP) is 2.89. The lowest BCUT2D eigenvalue weighted by molar-refractivity contribution is -0.141. The molecule has 3 rings (SSSR count). The molecule has 8 heteroatoms. The lowest BCUT2D eigenvalue weighted by Crippen LogP contribution is -2.56. The molecule has 2 heterocycles. The van der Waals surface area contributed by atoms with E-state index in [1.807, 2.05) is 45.0 Å². The monoisotopic (exact) mass is 441 g/mol. The van der Waals surface area contributed by atoms with Crippen LogP contribution in [0.25, 0.3) is 10.9 Å². The summed E-state index contributed by atoms with van der Waals surface area (Å²) in [5.41, 5.74) is 1.30. The van der Waals surface area contributed by atoms with Crippen LogP contribution in [0.2, 0.25) is 0 Å². The molecule has 1 saturated heterocycles. The molecule has 32 heavy (non-hydrogen) atoms. The first-order valence-corrected chi connectivity index (χ1v) is 11.2. The lowest BCUT2D eigenvalue weighted by atomic mass is 10.1. The average Bonchev–Trinajstić information content (AvgIpc) is 2.96. The van der Waals surface area contributed by atoms with Crippen LogP contribution in [0.5, 0.6) is 5.75 Å². The number of anilines is 1. The third-order valence-electron chi connectivity index (χ3n) is 5.98. The third-order valence-corrected chi connectivity index (χ3v) is 5.98. The number of aromatic nitrogens is 1. The largest absolute Gasteiger partial charge is 0.497 e. The molecule has 1 aromatic heterocycles. The highest BCUT2D eigenvalue weighted by atomic mass is 16.5. The van der Waals surface area contributed by atoms with Crippen LogP contribution in [0, 0.1) is 0 Å². The number of fused-ring (bicyclic) bond motifs is 1. The summed E-state index contributed by atoms with van der Waals surface area (Å²) in [6.45, 7) is 10.1. The minimum atomic E-state index is -0.542. The van der Waals surface area contributed by atoms with Gasteiger partial charge in [-0.2, -0.15) is 0 Å². The van der Waals surface area contributed by atoms with Gasteiger partial charge in [-0.1, -0.05) is 6.07 Å². The zero-order chi connectivity index (χ0) is 23.5. The fourth-order valence-electron chi connectivity index (χ4n) is 4.44. The Labute approximate surface area is 190 Å².